The monoisotopic (exact) mass is 447 g/mol. The molecule has 1 fully saturated rings. The van der Waals surface area contributed by atoms with Crippen LogP contribution in [-0.4, -0.2) is 61.4 Å². The molecule has 1 saturated heterocycles. The van der Waals surface area contributed by atoms with Gasteiger partial charge in [-0.15, -0.1) is 0 Å². The maximum atomic E-state index is 13.0. The van der Waals surface area contributed by atoms with Crippen molar-refractivity contribution in [2.24, 2.45) is 0 Å². The Morgan fingerprint density at radius 1 is 1.10 bits per heavy atom. The van der Waals surface area contributed by atoms with Crippen molar-refractivity contribution in [3.05, 3.63) is 52.1 Å². The van der Waals surface area contributed by atoms with E-state index in [1.165, 1.54) is 16.4 Å². The first-order valence-corrected chi connectivity index (χ1v) is 11.5. The van der Waals surface area contributed by atoms with Crippen LogP contribution in [-0.2, 0) is 16.4 Å². The van der Waals surface area contributed by atoms with Crippen LogP contribution in [0.4, 0.5) is 5.69 Å². The fourth-order valence-electron chi connectivity index (χ4n) is 3.85. The summed E-state index contributed by atoms with van der Waals surface area (Å²) in [5.41, 5.74) is 0.151. The Morgan fingerprint density at radius 2 is 1.81 bits per heavy atom. The second kappa shape index (κ2) is 7.77. The predicted molar refractivity (Wildman–Crippen MR) is 114 cm³/mol. The number of rotatable bonds is 5. The summed E-state index contributed by atoms with van der Waals surface area (Å²) in [6.07, 6.45) is 0.698. The minimum absolute atomic E-state index is 0.0379. The number of hydrogen-bond acceptors (Lipinski definition) is 7. The lowest BCUT2D eigenvalue weighted by Gasteiger charge is -2.31. The van der Waals surface area contributed by atoms with Crippen LogP contribution in [0.25, 0.3) is 0 Å². The third-order valence-electron chi connectivity index (χ3n) is 5.50. The molecule has 0 aromatic heterocycles. The number of nitro groups is 1. The Bertz CT molecular complexity index is 1120. The van der Waals surface area contributed by atoms with Crippen molar-refractivity contribution in [3.63, 3.8) is 0 Å². The Hall–Kier alpha value is -2.69. The molecule has 0 radical (unpaired) electrons. The molecular formula is C21H25N3O6S. The van der Waals surface area contributed by atoms with E-state index in [-0.39, 0.29) is 10.6 Å². The molecule has 0 saturated carbocycles. The van der Waals surface area contributed by atoms with Gasteiger partial charge in [-0.2, -0.15) is 4.31 Å². The SMILES string of the molecule is CN1CCN(S(=O)(=O)c2ccc(Oc3cccc4c3OC(C)(C)C4)c([N+](=O)[O-])c2)CC1. The highest BCUT2D eigenvalue weighted by Gasteiger charge is 2.34. The van der Waals surface area contributed by atoms with E-state index in [0.717, 1.165) is 11.6 Å². The van der Waals surface area contributed by atoms with Gasteiger partial charge in [0.15, 0.2) is 11.5 Å². The third kappa shape index (κ3) is 4.23. The summed E-state index contributed by atoms with van der Waals surface area (Å²) in [5.74, 6) is 0.876. The van der Waals surface area contributed by atoms with Crippen molar-refractivity contribution in [2.45, 2.75) is 30.8 Å². The van der Waals surface area contributed by atoms with Gasteiger partial charge in [0.25, 0.3) is 0 Å². The van der Waals surface area contributed by atoms with Gasteiger partial charge in [0.05, 0.1) is 9.82 Å². The summed E-state index contributed by atoms with van der Waals surface area (Å²) in [4.78, 5) is 13.0. The molecule has 0 atom stereocenters. The van der Waals surface area contributed by atoms with Crippen molar-refractivity contribution < 1.29 is 22.8 Å². The molecule has 0 aliphatic carbocycles. The van der Waals surface area contributed by atoms with Crippen molar-refractivity contribution in [1.82, 2.24) is 9.21 Å². The average Bonchev–Trinajstić information content (AvgIpc) is 3.03. The molecular weight excluding hydrogens is 422 g/mol. The number of sulfonamides is 1. The lowest BCUT2D eigenvalue weighted by Crippen LogP contribution is -2.47. The molecule has 0 spiro atoms. The van der Waals surface area contributed by atoms with Gasteiger partial charge in [-0.3, -0.25) is 10.1 Å². The number of nitro benzene ring substituents is 1. The number of nitrogens with zero attached hydrogens (tertiary/aromatic N) is 3. The van der Waals surface area contributed by atoms with Gasteiger partial charge in [-0.1, -0.05) is 12.1 Å². The van der Waals surface area contributed by atoms with Crippen LogP contribution in [0.2, 0.25) is 0 Å². The second-order valence-electron chi connectivity index (χ2n) is 8.48. The molecule has 2 aliphatic rings. The summed E-state index contributed by atoms with van der Waals surface area (Å²) in [6.45, 7) is 5.81. The van der Waals surface area contributed by atoms with Crippen LogP contribution >= 0.6 is 0 Å². The maximum absolute atomic E-state index is 13.0. The number of para-hydroxylation sites is 1. The van der Waals surface area contributed by atoms with Gasteiger partial charge < -0.3 is 14.4 Å². The lowest BCUT2D eigenvalue weighted by atomic mass is 10.0. The first-order chi connectivity index (χ1) is 14.6. The number of benzene rings is 2. The Kier molecular flexibility index (Phi) is 5.40. The first-order valence-electron chi connectivity index (χ1n) is 10.0. The second-order valence-corrected chi connectivity index (χ2v) is 10.4. The highest BCUT2D eigenvalue weighted by molar-refractivity contribution is 7.89. The highest BCUT2D eigenvalue weighted by atomic mass is 32.2. The van der Waals surface area contributed by atoms with Gasteiger partial charge >= 0.3 is 5.69 Å². The fourth-order valence-corrected chi connectivity index (χ4v) is 5.29. The molecule has 2 heterocycles. The van der Waals surface area contributed by atoms with E-state index in [4.69, 9.17) is 9.47 Å². The standard InChI is InChI=1S/C21H25N3O6S/c1-21(2)14-15-5-4-6-19(20(15)30-21)29-18-8-7-16(13-17(18)24(25)26)31(27,28)23-11-9-22(3)10-12-23/h4-8,13H,9-12,14H2,1-3H3. The van der Waals surface area contributed by atoms with Gasteiger partial charge in [0, 0.05) is 44.2 Å². The minimum atomic E-state index is -3.83. The Morgan fingerprint density at radius 3 is 2.48 bits per heavy atom. The molecule has 166 valence electrons. The van der Waals surface area contributed by atoms with E-state index in [9.17, 15) is 18.5 Å². The van der Waals surface area contributed by atoms with E-state index in [1.54, 1.807) is 12.1 Å². The largest absolute Gasteiger partial charge is 0.483 e. The van der Waals surface area contributed by atoms with Crippen LogP contribution in [0.3, 0.4) is 0 Å². The minimum Gasteiger partial charge on any atom is -0.483 e. The Labute approximate surface area is 181 Å². The summed E-state index contributed by atoms with van der Waals surface area (Å²) in [6, 6.07) is 9.16. The molecule has 4 rings (SSSR count). The number of fused-ring (bicyclic) bond motifs is 1. The zero-order valence-corrected chi connectivity index (χ0v) is 18.5. The van der Waals surface area contributed by atoms with E-state index >= 15 is 0 Å². The molecule has 9 nitrogen and oxygen atoms in total. The molecule has 2 aromatic carbocycles. The van der Waals surface area contributed by atoms with Crippen LogP contribution in [0.1, 0.15) is 19.4 Å². The van der Waals surface area contributed by atoms with Gasteiger partial charge in [-0.25, -0.2) is 8.42 Å². The summed E-state index contributed by atoms with van der Waals surface area (Å²) < 4.78 is 39.1. The van der Waals surface area contributed by atoms with Crippen molar-refractivity contribution >= 4 is 15.7 Å². The van der Waals surface area contributed by atoms with Crippen LogP contribution in [0.5, 0.6) is 17.2 Å². The number of ether oxygens (including phenoxy) is 2. The molecule has 0 unspecified atom stereocenters. The molecule has 2 aromatic rings. The molecule has 0 amide bonds. The highest BCUT2D eigenvalue weighted by Crippen LogP contribution is 2.45. The topological polar surface area (TPSA) is 102 Å². The first kappa shape index (κ1) is 21.5. The van der Waals surface area contributed by atoms with E-state index in [0.29, 0.717) is 44.1 Å². The predicted octanol–water partition coefficient (Wildman–Crippen LogP) is 3.04. The number of likely N-dealkylation sites (N-methyl/N-ethyl adjacent to an activating group) is 1. The number of piperazine rings is 1. The zero-order valence-electron chi connectivity index (χ0n) is 17.7. The molecule has 10 heteroatoms. The van der Waals surface area contributed by atoms with Crippen molar-refractivity contribution in [2.75, 3.05) is 33.2 Å². The molecule has 0 N–H and O–H groups in total. The fraction of sp³-hybridized carbons (Fsp3) is 0.429. The number of hydrogen-bond donors (Lipinski definition) is 0. The summed E-state index contributed by atoms with van der Waals surface area (Å²) in [7, 11) is -1.91. The van der Waals surface area contributed by atoms with Gasteiger partial charge in [-0.05, 0) is 39.1 Å². The smallest absolute Gasteiger partial charge is 0.312 e. The molecule has 0 bridgehead atoms. The van der Waals surface area contributed by atoms with E-state index in [1.807, 2.05) is 31.9 Å². The quantitative estimate of drug-likeness (QED) is 0.513. The zero-order chi connectivity index (χ0) is 22.4. The van der Waals surface area contributed by atoms with Crippen LogP contribution < -0.4 is 9.47 Å². The van der Waals surface area contributed by atoms with E-state index in [2.05, 4.69) is 0 Å². The van der Waals surface area contributed by atoms with Gasteiger partial charge in [0.1, 0.15) is 5.60 Å². The normalized spacial score (nSPS) is 18.9. The van der Waals surface area contributed by atoms with Gasteiger partial charge in [0.2, 0.25) is 15.8 Å². The van der Waals surface area contributed by atoms with Crippen LogP contribution in [0, 0.1) is 10.1 Å². The van der Waals surface area contributed by atoms with Crippen LogP contribution in [0.15, 0.2) is 41.3 Å². The van der Waals surface area contributed by atoms with Crippen molar-refractivity contribution in [1.29, 1.82) is 0 Å². The molecule has 31 heavy (non-hydrogen) atoms. The lowest BCUT2D eigenvalue weighted by molar-refractivity contribution is -0.385. The summed E-state index contributed by atoms with van der Waals surface area (Å²) in [5, 5.41) is 11.7. The average molecular weight is 448 g/mol. The maximum Gasteiger partial charge on any atom is 0.312 e. The molecule has 2 aliphatic heterocycles. The third-order valence-corrected chi connectivity index (χ3v) is 7.40. The Balaban J connectivity index is 1.66. The summed E-state index contributed by atoms with van der Waals surface area (Å²) >= 11 is 0. The van der Waals surface area contributed by atoms with E-state index < -0.39 is 26.2 Å². The van der Waals surface area contributed by atoms with Crippen molar-refractivity contribution in [3.8, 4) is 17.2 Å².